The number of carbonyl (C=O) groups is 1. The highest BCUT2D eigenvalue weighted by Gasteiger charge is 2.28. The van der Waals surface area contributed by atoms with Crippen LogP contribution < -0.4 is 0 Å². The standard InChI is InChI=1S/C18H19ClOS/c1-3-21(4-2)18-15(19)10-9-13-11-12-7-5-6-8-14(12)17(20)16(13)18/h5-10,21H,3-4,11H2,1-2H3. The molecule has 110 valence electrons. The Bertz CT molecular complexity index is 704. The van der Waals surface area contributed by atoms with Crippen molar-refractivity contribution in [1.82, 2.24) is 0 Å². The van der Waals surface area contributed by atoms with Crippen LogP contribution in [0.25, 0.3) is 0 Å². The van der Waals surface area contributed by atoms with E-state index in [4.69, 9.17) is 11.6 Å². The maximum absolute atomic E-state index is 13.0. The van der Waals surface area contributed by atoms with E-state index >= 15 is 0 Å². The minimum atomic E-state index is -0.356. The zero-order valence-corrected chi connectivity index (χ0v) is 14.0. The fraction of sp³-hybridized carbons (Fsp3) is 0.278. The van der Waals surface area contributed by atoms with Crippen molar-refractivity contribution in [3.8, 4) is 0 Å². The third-order valence-electron chi connectivity index (χ3n) is 4.16. The summed E-state index contributed by atoms with van der Waals surface area (Å²) in [5.41, 5.74) is 3.99. The highest BCUT2D eigenvalue weighted by Crippen LogP contribution is 2.46. The Hall–Kier alpha value is -1.25. The molecule has 0 atom stereocenters. The Balaban J connectivity index is 2.22. The topological polar surface area (TPSA) is 17.1 Å². The highest BCUT2D eigenvalue weighted by molar-refractivity contribution is 8.17. The zero-order chi connectivity index (χ0) is 15.0. The number of halogens is 1. The van der Waals surface area contributed by atoms with E-state index in [0.717, 1.165) is 50.1 Å². The molecule has 0 saturated carbocycles. The second-order valence-corrected chi connectivity index (χ2v) is 8.46. The van der Waals surface area contributed by atoms with Crippen molar-refractivity contribution in [3.63, 3.8) is 0 Å². The number of hydrogen-bond donors (Lipinski definition) is 1. The van der Waals surface area contributed by atoms with Crippen LogP contribution in [0.4, 0.5) is 0 Å². The molecule has 0 unspecified atom stereocenters. The molecule has 0 aromatic heterocycles. The van der Waals surface area contributed by atoms with Crippen LogP contribution in [-0.2, 0) is 6.42 Å². The van der Waals surface area contributed by atoms with Gasteiger partial charge in [0.2, 0.25) is 0 Å². The van der Waals surface area contributed by atoms with Crippen molar-refractivity contribution in [2.24, 2.45) is 0 Å². The second-order valence-electron chi connectivity index (χ2n) is 5.27. The van der Waals surface area contributed by atoms with Gasteiger partial charge in [0.25, 0.3) is 0 Å². The minimum Gasteiger partial charge on any atom is -0.289 e. The smallest absolute Gasteiger partial charge is 0.194 e. The van der Waals surface area contributed by atoms with Crippen LogP contribution in [0, 0.1) is 0 Å². The maximum Gasteiger partial charge on any atom is 0.194 e. The minimum absolute atomic E-state index is 0.152. The molecule has 0 aliphatic heterocycles. The number of ketones is 1. The van der Waals surface area contributed by atoms with Crippen molar-refractivity contribution in [3.05, 3.63) is 63.7 Å². The number of carbonyl (C=O) groups excluding carboxylic acids is 1. The van der Waals surface area contributed by atoms with Crippen LogP contribution in [0.5, 0.6) is 0 Å². The number of hydrogen-bond acceptors (Lipinski definition) is 1. The van der Waals surface area contributed by atoms with Gasteiger partial charge in [-0.1, -0.05) is 55.8 Å². The fourth-order valence-electron chi connectivity index (χ4n) is 3.09. The zero-order valence-electron chi connectivity index (χ0n) is 12.3. The van der Waals surface area contributed by atoms with Gasteiger partial charge in [0.05, 0.1) is 5.02 Å². The molecular weight excluding hydrogens is 300 g/mol. The molecule has 0 saturated heterocycles. The maximum atomic E-state index is 13.0. The Labute approximate surface area is 133 Å². The normalized spacial score (nSPS) is 13.7. The molecule has 1 nitrogen and oxygen atoms in total. The third-order valence-corrected chi connectivity index (χ3v) is 7.24. The van der Waals surface area contributed by atoms with E-state index in [1.54, 1.807) is 0 Å². The lowest BCUT2D eigenvalue weighted by atomic mass is 9.85. The monoisotopic (exact) mass is 318 g/mol. The van der Waals surface area contributed by atoms with Gasteiger partial charge in [0.15, 0.2) is 5.78 Å². The van der Waals surface area contributed by atoms with E-state index in [9.17, 15) is 4.79 Å². The number of rotatable bonds is 3. The van der Waals surface area contributed by atoms with Gasteiger partial charge in [-0.2, -0.15) is 0 Å². The van der Waals surface area contributed by atoms with Gasteiger partial charge in [-0.3, -0.25) is 4.79 Å². The summed E-state index contributed by atoms with van der Waals surface area (Å²) < 4.78 is 0. The van der Waals surface area contributed by atoms with Crippen LogP contribution in [-0.4, -0.2) is 17.3 Å². The predicted octanol–water partition coefficient (Wildman–Crippen LogP) is 4.88. The van der Waals surface area contributed by atoms with Crippen LogP contribution >= 0.6 is 22.5 Å². The van der Waals surface area contributed by atoms with Crippen molar-refractivity contribution in [2.45, 2.75) is 25.2 Å². The van der Waals surface area contributed by atoms with Crippen molar-refractivity contribution < 1.29 is 4.79 Å². The summed E-state index contributed by atoms with van der Waals surface area (Å²) in [5, 5.41) is 0.760. The molecule has 3 heteroatoms. The molecule has 2 aromatic carbocycles. The quantitative estimate of drug-likeness (QED) is 0.681. The summed E-state index contributed by atoms with van der Waals surface area (Å²) >= 11 is 6.47. The molecule has 1 aliphatic rings. The molecule has 0 radical (unpaired) electrons. The molecule has 1 aliphatic carbocycles. The van der Waals surface area contributed by atoms with E-state index in [-0.39, 0.29) is 16.7 Å². The molecule has 0 bridgehead atoms. The largest absolute Gasteiger partial charge is 0.289 e. The molecular formula is C18H19ClOS. The van der Waals surface area contributed by atoms with Gasteiger partial charge in [0, 0.05) is 16.0 Å². The fourth-order valence-corrected chi connectivity index (χ4v) is 5.63. The van der Waals surface area contributed by atoms with E-state index in [0.29, 0.717) is 0 Å². The first kappa shape index (κ1) is 14.7. The summed E-state index contributed by atoms with van der Waals surface area (Å²) in [4.78, 5) is 14.1. The van der Waals surface area contributed by atoms with E-state index in [1.807, 2.05) is 36.4 Å². The summed E-state index contributed by atoms with van der Waals surface area (Å²) in [7, 11) is -0.356. The van der Waals surface area contributed by atoms with Crippen molar-refractivity contribution >= 4 is 28.3 Å². The lowest BCUT2D eigenvalue weighted by molar-refractivity contribution is 0.103. The average molecular weight is 319 g/mol. The number of benzene rings is 2. The number of thiol groups is 1. The average Bonchev–Trinajstić information content (AvgIpc) is 2.51. The lowest BCUT2D eigenvalue weighted by Gasteiger charge is -2.27. The van der Waals surface area contributed by atoms with Gasteiger partial charge in [-0.15, -0.1) is 0 Å². The van der Waals surface area contributed by atoms with Gasteiger partial charge in [0.1, 0.15) is 0 Å². The summed E-state index contributed by atoms with van der Waals surface area (Å²) in [6, 6.07) is 11.9. The van der Waals surface area contributed by atoms with E-state index in [2.05, 4.69) is 13.8 Å². The van der Waals surface area contributed by atoms with E-state index in [1.165, 1.54) is 0 Å². The van der Waals surface area contributed by atoms with Gasteiger partial charge < -0.3 is 0 Å². The SMILES string of the molecule is CC[SH](CC)c1c(Cl)ccc2c1C(=O)c1ccccc1C2. The molecule has 2 aromatic rings. The molecule has 0 heterocycles. The molecule has 0 amide bonds. The highest BCUT2D eigenvalue weighted by atomic mass is 35.5. The second kappa shape index (κ2) is 5.86. The van der Waals surface area contributed by atoms with Gasteiger partial charge in [-0.05, 0) is 35.1 Å². The van der Waals surface area contributed by atoms with Crippen molar-refractivity contribution in [2.75, 3.05) is 11.5 Å². The Morgan fingerprint density at radius 2 is 1.76 bits per heavy atom. The van der Waals surface area contributed by atoms with Gasteiger partial charge >= 0.3 is 0 Å². The van der Waals surface area contributed by atoms with Crippen LogP contribution in [0.3, 0.4) is 0 Å². The molecule has 0 spiro atoms. The molecule has 0 fully saturated rings. The predicted molar refractivity (Wildman–Crippen MR) is 92.5 cm³/mol. The van der Waals surface area contributed by atoms with Crippen LogP contribution in [0.1, 0.15) is 40.9 Å². The van der Waals surface area contributed by atoms with Crippen LogP contribution in [0.2, 0.25) is 5.02 Å². The number of fused-ring (bicyclic) bond motifs is 2. The molecule has 0 N–H and O–H groups in total. The first-order valence-electron chi connectivity index (χ1n) is 7.36. The van der Waals surface area contributed by atoms with Crippen molar-refractivity contribution in [1.29, 1.82) is 0 Å². The summed E-state index contributed by atoms with van der Waals surface area (Å²) in [5.74, 6) is 2.28. The summed E-state index contributed by atoms with van der Waals surface area (Å²) in [6.45, 7) is 4.37. The van der Waals surface area contributed by atoms with Crippen LogP contribution in [0.15, 0.2) is 41.3 Å². The Kier molecular flexibility index (Phi) is 4.10. The summed E-state index contributed by atoms with van der Waals surface area (Å²) in [6.07, 6.45) is 0.831. The molecule has 3 rings (SSSR count). The Morgan fingerprint density at radius 1 is 1.05 bits per heavy atom. The Morgan fingerprint density at radius 3 is 2.48 bits per heavy atom. The first-order valence-corrected chi connectivity index (χ1v) is 9.45. The first-order chi connectivity index (χ1) is 10.2. The van der Waals surface area contributed by atoms with Gasteiger partial charge in [-0.25, -0.2) is 10.9 Å². The van der Waals surface area contributed by atoms with E-state index < -0.39 is 0 Å². The third kappa shape index (κ3) is 2.41. The lowest BCUT2D eigenvalue weighted by Crippen LogP contribution is -2.17. The molecule has 21 heavy (non-hydrogen) atoms.